The Labute approximate surface area is 134 Å². The molecule has 0 saturated carbocycles. The molecule has 1 rings (SSSR count). The number of alkyl halides is 1. The van der Waals surface area contributed by atoms with Gasteiger partial charge >= 0.3 is 6.09 Å². The van der Waals surface area contributed by atoms with Crippen LogP contribution in [0, 0.1) is 0 Å². The Kier molecular flexibility index (Phi) is 6.58. The molecule has 1 atom stereocenters. The number of hydrogen-bond donors (Lipinski definition) is 3. The van der Waals surface area contributed by atoms with Crippen molar-refractivity contribution in [1.82, 2.24) is 0 Å². The monoisotopic (exact) mass is 334 g/mol. The Morgan fingerprint density at radius 1 is 1.43 bits per heavy atom. The summed E-state index contributed by atoms with van der Waals surface area (Å²) in [6.45, 7) is 5.62. The lowest BCUT2D eigenvalue weighted by Gasteiger charge is -2.20. The van der Waals surface area contributed by atoms with E-state index in [-0.39, 0.29) is 12.4 Å². The second-order valence-corrected chi connectivity index (χ2v) is 6.23. The normalized spacial score (nSPS) is 12.7. The van der Waals surface area contributed by atoms with Gasteiger partial charge in [-0.25, -0.2) is 4.79 Å². The Hall–Kier alpha value is -1.17. The number of aliphatic hydroxyl groups is 1. The summed E-state index contributed by atoms with van der Waals surface area (Å²) in [6.07, 6.45) is -1.22. The highest BCUT2D eigenvalue weighted by Crippen LogP contribution is 2.26. The maximum absolute atomic E-state index is 11.7. The summed E-state index contributed by atoms with van der Waals surface area (Å²) in [7, 11) is 0. The Morgan fingerprint density at radius 2 is 2.10 bits per heavy atom. The van der Waals surface area contributed by atoms with Gasteiger partial charge in [-0.1, -0.05) is 11.6 Å². The van der Waals surface area contributed by atoms with E-state index in [9.17, 15) is 9.90 Å². The van der Waals surface area contributed by atoms with Crippen molar-refractivity contribution < 1.29 is 14.6 Å². The number of nitrogens with one attached hydrogen (secondary N) is 2. The van der Waals surface area contributed by atoms with Crippen LogP contribution in [0.4, 0.5) is 16.2 Å². The zero-order valence-electron chi connectivity index (χ0n) is 12.2. The lowest BCUT2D eigenvalue weighted by atomic mass is 10.2. The van der Waals surface area contributed by atoms with Crippen LogP contribution in [0.15, 0.2) is 18.2 Å². The fourth-order valence-electron chi connectivity index (χ4n) is 1.44. The van der Waals surface area contributed by atoms with E-state index in [0.717, 1.165) is 0 Å². The smallest absolute Gasteiger partial charge is 0.412 e. The first-order chi connectivity index (χ1) is 9.71. The van der Waals surface area contributed by atoms with E-state index in [1.807, 2.05) is 0 Å². The molecule has 1 aromatic rings. The van der Waals surface area contributed by atoms with Crippen LogP contribution < -0.4 is 10.6 Å². The average molecular weight is 335 g/mol. The zero-order valence-corrected chi connectivity index (χ0v) is 13.8. The summed E-state index contributed by atoms with van der Waals surface area (Å²) < 4.78 is 5.17. The zero-order chi connectivity index (χ0) is 16.0. The molecule has 0 spiro atoms. The van der Waals surface area contributed by atoms with Crippen molar-refractivity contribution in [2.24, 2.45) is 0 Å². The lowest BCUT2D eigenvalue weighted by Crippen LogP contribution is -2.27. The van der Waals surface area contributed by atoms with E-state index < -0.39 is 17.8 Å². The Bertz CT molecular complexity index is 490. The summed E-state index contributed by atoms with van der Waals surface area (Å²) in [5, 5.41) is 15.5. The first-order valence-electron chi connectivity index (χ1n) is 6.48. The van der Waals surface area contributed by atoms with E-state index in [1.165, 1.54) is 0 Å². The molecule has 5 nitrogen and oxygen atoms in total. The van der Waals surface area contributed by atoms with Crippen LogP contribution in [0.5, 0.6) is 0 Å². The molecule has 0 heterocycles. The molecule has 0 radical (unpaired) electrons. The van der Waals surface area contributed by atoms with Gasteiger partial charge in [-0.2, -0.15) is 0 Å². The van der Waals surface area contributed by atoms with Crippen molar-refractivity contribution in [3.63, 3.8) is 0 Å². The predicted octanol–water partition coefficient (Wildman–Crippen LogP) is 3.70. The molecule has 118 valence electrons. The van der Waals surface area contributed by atoms with Crippen molar-refractivity contribution >= 4 is 40.7 Å². The van der Waals surface area contributed by atoms with Crippen LogP contribution in [-0.4, -0.2) is 35.3 Å². The number of ether oxygens (including phenoxy) is 1. The number of amides is 1. The molecule has 0 saturated heterocycles. The maximum atomic E-state index is 11.7. The van der Waals surface area contributed by atoms with Crippen LogP contribution in [0.3, 0.4) is 0 Å². The molecule has 1 unspecified atom stereocenters. The van der Waals surface area contributed by atoms with Crippen molar-refractivity contribution in [2.75, 3.05) is 23.1 Å². The first-order valence-corrected chi connectivity index (χ1v) is 7.40. The third-order valence-corrected chi connectivity index (χ3v) is 3.00. The molecule has 0 aromatic heterocycles. The number of halogens is 2. The maximum Gasteiger partial charge on any atom is 0.412 e. The van der Waals surface area contributed by atoms with Gasteiger partial charge in [0.05, 0.1) is 22.7 Å². The molecule has 1 aromatic carbocycles. The van der Waals surface area contributed by atoms with Crippen molar-refractivity contribution in [1.29, 1.82) is 0 Å². The number of carbonyl (C=O) groups excluding carboxylic acids is 1. The number of aliphatic hydroxyl groups excluding tert-OH is 1. The highest BCUT2D eigenvalue weighted by Gasteiger charge is 2.16. The summed E-state index contributed by atoms with van der Waals surface area (Å²) in [5.74, 6) is 0.125. The minimum absolute atomic E-state index is 0.125. The molecule has 0 fully saturated rings. The fourth-order valence-corrected chi connectivity index (χ4v) is 1.74. The highest BCUT2D eigenvalue weighted by atomic mass is 35.5. The third-order valence-electron chi connectivity index (χ3n) is 2.32. The summed E-state index contributed by atoms with van der Waals surface area (Å²) in [4.78, 5) is 11.7. The molecule has 21 heavy (non-hydrogen) atoms. The van der Waals surface area contributed by atoms with E-state index in [1.54, 1.807) is 39.0 Å². The number of rotatable bonds is 5. The summed E-state index contributed by atoms with van der Waals surface area (Å²) in [6, 6.07) is 4.96. The second kappa shape index (κ2) is 7.73. The Balaban J connectivity index is 2.70. The largest absolute Gasteiger partial charge is 0.444 e. The second-order valence-electron chi connectivity index (χ2n) is 5.51. The van der Waals surface area contributed by atoms with Gasteiger partial charge in [0, 0.05) is 12.2 Å². The standard InChI is InChI=1S/C14H20Cl2N2O3/c1-14(2,3)21-13(20)18-9-4-5-11(16)12(6-9)17-8-10(19)7-15/h4-6,10,17,19H,7-8H2,1-3H3,(H,18,20). The van der Waals surface area contributed by atoms with Crippen molar-refractivity contribution in [3.8, 4) is 0 Å². The minimum Gasteiger partial charge on any atom is -0.444 e. The van der Waals surface area contributed by atoms with Crippen LogP contribution in [0.2, 0.25) is 5.02 Å². The molecule has 7 heteroatoms. The van der Waals surface area contributed by atoms with E-state index in [4.69, 9.17) is 27.9 Å². The number of hydrogen-bond acceptors (Lipinski definition) is 4. The molecule has 1 amide bonds. The molecule has 3 N–H and O–H groups in total. The Morgan fingerprint density at radius 3 is 2.67 bits per heavy atom. The van der Waals surface area contributed by atoms with Gasteiger partial charge in [-0.15, -0.1) is 11.6 Å². The molecule has 0 aliphatic rings. The summed E-state index contributed by atoms with van der Waals surface area (Å²) in [5.41, 5.74) is 0.563. The van der Waals surface area contributed by atoms with Gasteiger partial charge in [0.2, 0.25) is 0 Å². The summed E-state index contributed by atoms with van der Waals surface area (Å²) >= 11 is 11.6. The van der Waals surface area contributed by atoms with Gasteiger partial charge in [-0.3, -0.25) is 5.32 Å². The number of carbonyl (C=O) groups is 1. The lowest BCUT2D eigenvalue weighted by molar-refractivity contribution is 0.0636. The van der Waals surface area contributed by atoms with Crippen molar-refractivity contribution in [2.45, 2.75) is 32.5 Å². The van der Waals surface area contributed by atoms with Gasteiger partial charge in [0.1, 0.15) is 5.60 Å². The molecular weight excluding hydrogens is 315 g/mol. The van der Waals surface area contributed by atoms with E-state index in [0.29, 0.717) is 16.4 Å². The minimum atomic E-state index is -0.676. The quantitative estimate of drug-likeness (QED) is 0.718. The van der Waals surface area contributed by atoms with Crippen LogP contribution >= 0.6 is 23.2 Å². The van der Waals surface area contributed by atoms with Gasteiger partial charge < -0.3 is 15.2 Å². The van der Waals surface area contributed by atoms with Crippen LogP contribution in [-0.2, 0) is 4.74 Å². The molecule has 0 aliphatic heterocycles. The highest BCUT2D eigenvalue weighted by molar-refractivity contribution is 6.33. The first kappa shape index (κ1) is 17.9. The van der Waals surface area contributed by atoms with Gasteiger partial charge in [0.25, 0.3) is 0 Å². The third kappa shape index (κ3) is 6.89. The number of benzene rings is 1. The number of anilines is 2. The van der Waals surface area contributed by atoms with Gasteiger partial charge in [-0.05, 0) is 39.0 Å². The van der Waals surface area contributed by atoms with Crippen LogP contribution in [0.25, 0.3) is 0 Å². The fraction of sp³-hybridized carbons (Fsp3) is 0.500. The SMILES string of the molecule is CC(C)(C)OC(=O)Nc1ccc(Cl)c(NCC(O)CCl)c1. The topological polar surface area (TPSA) is 70.6 Å². The molecule has 0 bridgehead atoms. The van der Waals surface area contributed by atoms with E-state index in [2.05, 4.69) is 10.6 Å². The van der Waals surface area contributed by atoms with Crippen molar-refractivity contribution in [3.05, 3.63) is 23.2 Å². The van der Waals surface area contributed by atoms with Gasteiger partial charge in [0.15, 0.2) is 0 Å². The van der Waals surface area contributed by atoms with E-state index >= 15 is 0 Å². The van der Waals surface area contributed by atoms with Crippen LogP contribution in [0.1, 0.15) is 20.8 Å². The average Bonchev–Trinajstić information content (AvgIpc) is 2.36. The molecular formula is C14H20Cl2N2O3. The molecule has 0 aliphatic carbocycles. The predicted molar refractivity (Wildman–Crippen MR) is 86.5 cm³/mol.